The quantitative estimate of drug-likeness (QED) is 0.914. The number of nitrogens with one attached hydrogen (secondary N) is 1. The summed E-state index contributed by atoms with van der Waals surface area (Å²) < 4.78 is 0. The molecule has 3 rings (SSSR count). The molecule has 2 aromatic rings. The van der Waals surface area contributed by atoms with Gasteiger partial charge in [-0.1, -0.05) is 24.3 Å². The van der Waals surface area contributed by atoms with Crippen molar-refractivity contribution in [3.8, 4) is 0 Å². The Labute approximate surface area is 114 Å². The number of aromatic nitrogens is 2. The van der Waals surface area contributed by atoms with E-state index in [2.05, 4.69) is 39.6 Å². The Morgan fingerprint density at radius 1 is 1.21 bits per heavy atom. The van der Waals surface area contributed by atoms with Crippen molar-refractivity contribution in [3.05, 3.63) is 59.2 Å². The summed E-state index contributed by atoms with van der Waals surface area (Å²) in [7, 11) is 0. The van der Waals surface area contributed by atoms with Crippen molar-refractivity contribution in [2.24, 2.45) is 0 Å². The zero-order valence-corrected chi connectivity index (χ0v) is 11.3. The minimum absolute atomic E-state index is 0.452. The maximum absolute atomic E-state index is 4.39. The second-order valence-electron chi connectivity index (χ2n) is 5.17. The normalized spacial score (nSPS) is 18.1. The predicted octanol–water partition coefficient (Wildman–Crippen LogP) is 2.95. The molecule has 0 bridgehead atoms. The van der Waals surface area contributed by atoms with Crippen LogP contribution < -0.4 is 5.32 Å². The largest absolute Gasteiger partial charge is 0.304 e. The molecule has 1 atom stereocenters. The van der Waals surface area contributed by atoms with Gasteiger partial charge in [0.15, 0.2) is 0 Å². The van der Waals surface area contributed by atoms with E-state index >= 15 is 0 Å². The van der Waals surface area contributed by atoms with E-state index in [9.17, 15) is 0 Å². The van der Waals surface area contributed by atoms with Crippen molar-refractivity contribution in [1.29, 1.82) is 0 Å². The Kier molecular flexibility index (Phi) is 3.56. The van der Waals surface area contributed by atoms with Crippen LogP contribution in [0.25, 0.3) is 0 Å². The summed E-state index contributed by atoms with van der Waals surface area (Å²) in [5.74, 6) is 0. The molecule has 1 aliphatic rings. The van der Waals surface area contributed by atoms with Gasteiger partial charge in [-0.05, 0) is 37.3 Å². The molecular weight excluding hydrogens is 234 g/mol. The van der Waals surface area contributed by atoms with Gasteiger partial charge in [-0.25, -0.2) is 0 Å². The smallest absolute Gasteiger partial charge is 0.0724 e. The van der Waals surface area contributed by atoms with E-state index in [1.807, 2.05) is 19.3 Å². The van der Waals surface area contributed by atoms with Gasteiger partial charge < -0.3 is 5.32 Å². The molecule has 1 unspecified atom stereocenters. The van der Waals surface area contributed by atoms with Gasteiger partial charge in [0.05, 0.1) is 11.4 Å². The van der Waals surface area contributed by atoms with Gasteiger partial charge in [0.1, 0.15) is 0 Å². The van der Waals surface area contributed by atoms with E-state index in [1.165, 1.54) is 30.4 Å². The average molecular weight is 253 g/mol. The van der Waals surface area contributed by atoms with Crippen LogP contribution in [0, 0.1) is 6.92 Å². The minimum Gasteiger partial charge on any atom is -0.304 e. The van der Waals surface area contributed by atoms with Gasteiger partial charge in [0.25, 0.3) is 0 Å². The molecule has 1 aliphatic carbocycles. The Hall–Kier alpha value is -1.74. The highest BCUT2D eigenvalue weighted by atomic mass is 14.9. The number of aryl methyl sites for hydroxylation is 2. The van der Waals surface area contributed by atoms with Crippen LogP contribution >= 0.6 is 0 Å². The van der Waals surface area contributed by atoms with Crippen molar-refractivity contribution >= 4 is 0 Å². The molecule has 0 fully saturated rings. The molecule has 0 spiro atoms. The number of rotatable bonds is 3. The molecule has 0 amide bonds. The zero-order chi connectivity index (χ0) is 13.1. The van der Waals surface area contributed by atoms with E-state index in [1.54, 1.807) is 0 Å². The third kappa shape index (κ3) is 2.82. The number of fused-ring (bicyclic) bond motifs is 1. The Balaban J connectivity index is 1.69. The molecule has 0 radical (unpaired) electrons. The van der Waals surface area contributed by atoms with Gasteiger partial charge in [-0.2, -0.15) is 0 Å². The standard InChI is InChI=1S/C16H19N3/c1-12-9-18-14(10-17-12)11-19-16-8-4-6-13-5-2-3-7-15(13)16/h2-3,5,7,9-10,16,19H,4,6,8,11H2,1H3. The van der Waals surface area contributed by atoms with Crippen molar-refractivity contribution in [2.75, 3.05) is 0 Å². The molecule has 1 heterocycles. The molecule has 0 saturated heterocycles. The fourth-order valence-electron chi connectivity index (χ4n) is 2.70. The first-order valence-electron chi connectivity index (χ1n) is 6.91. The van der Waals surface area contributed by atoms with Crippen LogP contribution in [-0.4, -0.2) is 9.97 Å². The first-order chi connectivity index (χ1) is 9.33. The average Bonchev–Trinajstić information content (AvgIpc) is 2.47. The zero-order valence-electron chi connectivity index (χ0n) is 11.3. The first-order valence-corrected chi connectivity index (χ1v) is 6.91. The lowest BCUT2D eigenvalue weighted by Crippen LogP contribution is -2.25. The van der Waals surface area contributed by atoms with Gasteiger partial charge >= 0.3 is 0 Å². The van der Waals surface area contributed by atoms with E-state index < -0.39 is 0 Å². The minimum atomic E-state index is 0.452. The van der Waals surface area contributed by atoms with Gasteiger partial charge in [0.2, 0.25) is 0 Å². The van der Waals surface area contributed by atoms with E-state index in [4.69, 9.17) is 0 Å². The topological polar surface area (TPSA) is 37.8 Å². The monoisotopic (exact) mass is 253 g/mol. The Bertz CT molecular complexity index is 548. The van der Waals surface area contributed by atoms with Crippen LogP contribution in [0.1, 0.15) is 41.4 Å². The summed E-state index contributed by atoms with van der Waals surface area (Å²) in [6, 6.07) is 9.20. The predicted molar refractivity (Wildman–Crippen MR) is 75.7 cm³/mol. The number of nitrogens with zero attached hydrogens (tertiary/aromatic N) is 2. The first kappa shape index (κ1) is 12.3. The molecule has 0 saturated carbocycles. The molecule has 1 N–H and O–H groups in total. The summed E-state index contributed by atoms with van der Waals surface area (Å²) in [5.41, 5.74) is 4.91. The summed E-state index contributed by atoms with van der Waals surface area (Å²) in [5, 5.41) is 3.61. The molecule has 3 nitrogen and oxygen atoms in total. The van der Waals surface area contributed by atoms with E-state index in [-0.39, 0.29) is 0 Å². The summed E-state index contributed by atoms with van der Waals surface area (Å²) in [6.45, 7) is 2.74. The molecule has 98 valence electrons. The van der Waals surface area contributed by atoms with Crippen molar-refractivity contribution in [1.82, 2.24) is 15.3 Å². The number of hydrogen-bond donors (Lipinski definition) is 1. The molecule has 1 aromatic carbocycles. The molecule has 0 aliphatic heterocycles. The van der Waals surface area contributed by atoms with E-state index in [0.29, 0.717) is 6.04 Å². The number of benzene rings is 1. The summed E-state index contributed by atoms with van der Waals surface area (Å²) >= 11 is 0. The molecular formula is C16H19N3. The van der Waals surface area contributed by atoms with Crippen LogP contribution in [0.4, 0.5) is 0 Å². The molecule has 19 heavy (non-hydrogen) atoms. The van der Waals surface area contributed by atoms with Crippen LogP contribution in [0.15, 0.2) is 36.7 Å². The third-order valence-corrected chi connectivity index (χ3v) is 3.73. The second-order valence-corrected chi connectivity index (χ2v) is 5.17. The van der Waals surface area contributed by atoms with E-state index in [0.717, 1.165) is 17.9 Å². The highest BCUT2D eigenvalue weighted by Gasteiger charge is 2.18. The van der Waals surface area contributed by atoms with Gasteiger partial charge in [-0.15, -0.1) is 0 Å². The molecule has 3 heteroatoms. The maximum Gasteiger partial charge on any atom is 0.0724 e. The summed E-state index contributed by atoms with van der Waals surface area (Å²) in [6.07, 6.45) is 7.35. The number of hydrogen-bond acceptors (Lipinski definition) is 3. The van der Waals surface area contributed by atoms with Gasteiger partial charge in [-0.3, -0.25) is 9.97 Å². The van der Waals surface area contributed by atoms with Crippen LogP contribution in [0.3, 0.4) is 0 Å². The lowest BCUT2D eigenvalue weighted by atomic mass is 9.88. The van der Waals surface area contributed by atoms with Crippen molar-refractivity contribution in [2.45, 2.75) is 38.8 Å². The highest BCUT2D eigenvalue weighted by Crippen LogP contribution is 2.29. The Morgan fingerprint density at radius 3 is 2.95 bits per heavy atom. The SMILES string of the molecule is Cc1cnc(CNC2CCCc3ccccc32)cn1. The second kappa shape index (κ2) is 5.49. The lowest BCUT2D eigenvalue weighted by Gasteiger charge is -2.26. The van der Waals surface area contributed by atoms with Gasteiger partial charge in [0, 0.05) is 25.0 Å². The molecule has 1 aromatic heterocycles. The lowest BCUT2D eigenvalue weighted by molar-refractivity contribution is 0.456. The van der Waals surface area contributed by atoms with Crippen molar-refractivity contribution < 1.29 is 0 Å². The Morgan fingerprint density at radius 2 is 2.11 bits per heavy atom. The fraction of sp³-hybridized carbons (Fsp3) is 0.375. The third-order valence-electron chi connectivity index (χ3n) is 3.73. The van der Waals surface area contributed by atoms with Crippen molar-refractivity contribution in [3.63, 3.8) is 0 Å². The summed E-state index contributed by atoms with van der Waals surface area (Å²) in [4.78, 5) is 8.68. The fourth-order valence-corrected chi connectivity index (χ4v) is 2.70. The van der Waals surface area contributed by atoms with Crippen LogP contribution in [-0.2, 0) is 13.0 Å². The maximum atomic E-state index is 4.39. The van der Waals surface area contributed by atoms with Crippen LogP contribution in [0.2, 0.25) is 0 Å². The van der Waals surface area contributed by atoms with Crippen LogP contribution in [0.5, 0.6) is 0 Å². The highest BCUT2D eigenvalue weighted by molar-refractivity contribution is 5.32.